The summed E-state index contributed by atoms with van der Waals surface area (Å²) in [6.45, 7) is 0.358. The molecule has 1 atom stereocenters. The lowest BCUT2D eigenvalue weighted by Crippen LogP contribution is -2.22. The van der Waals surface area contributed by atoms with E-state index in [0.29, 0.717) is 12.4 Å². The molecule has 2 N–H and O–H groups in total. The summed E-state index contributed by atoms with van der Waals surface area (Å²) in [5.74, 6) is 0.573. The van der Waals surface area contributed by atoms with Crippen molar-refractivity contribution in [3.63, 3.8) is 0 Å². The Labute approximate surface area is 81.5 Å². The van der Waals surface area contributed by atoms with Crippen LogP contribution in [0.3, 0.4) is 0 Å². The van der Waals surface area contributed by atoms with Crippen molar-refractivity contribution in [1.29, 1.82) is 0 Å². The normalized spacial score (nSPS) is 20.6. The summed E-state index contributed by atoms with van der Waals surface area (Å²) in [6.07, 6.45) is 1.56. The molecule has 1 aliphatic rings. The van der Waals surface area contributed by atoms with Crippen LogP contribution >= 0.6 is 0 Å². The van der Waals surface area contributed by atoms with Gasteiger partial charge in [-0.05, 0) is 6.07 Å². The van der Waals surface area contributed by atoms with Crippen molar-refractivity contribution in [2.75, 3.05) is 13.7 Å². The minimum absolute atomic E-state index is 0.00539. The first-order valence-corrected chi connectivity index (χ1v) is 4.32. The van der Waals surface area contributed by atoms with Gasteiger partial charge in [0.25, 0.3) is 0 Å². The Bertz CT molecular complexity index is 336. The number of aromatic nitrogens is 1. The summed E-state index contributed by atoms with van der Waals surface area (Å²) in [4.78, 5) is 15.0. The van der Waals surface area contributed by atoms with E-state index >= 15 is 0 Å². The SMILES string of the molecule is COc1ccc(C2NCC(=O)N2)cn1. The van der Waals surface area contributed by atoms with Crippen molar-refractivity contribution in [1.82, 2.24) is 15.6 Å². The third-order valence-corrected chi connectivity index (χ3v) is 2.07. The number of nitrogens with zero attached hydrogens (tertiary/aromatic N) is 1. The van der Waals surface area contributed by atoms with Gasteiger partial charge in [-0.2, -0.15) is 0 Å². The van der Waals surface area contributed by atoms with Crippen LogP contribution in [0.5, 0.6) is 5.88 Å². The molecule has 0 saturated carbocycles. The topological polar surface area (TPSA) is 63.2 Å². The van der Waals surface area contributed by atoms with E-state index in [1.807, 2.05) is 6.07 Å². The molecule has 0 radical (unpaired) electrons. The van der Waals surface area contributed by atoms with E-state index in [4.69, 9.17) is 4.74 Å². The fourth-order valence-electron chi connectivity index (χ4n) is 1.34. The van der Waals surface area contributed by atoms with E-state index in [9.17, 15) is 4.79 Å². The third kappa shape index (κ3) is 1.67. The standard InChI is InChI=1S/C9H11N3O2/c1-14-8-3-2-6(4-10-8)9-11-5-7(13)12-9/h2-4,9,11H,5H2,1H3,(H,12,13). The van der Waals surface area contributed by atoms with Crippen molar-refractivity contribution in [2.24, 2.45) is 0 Å². The second-order valence-corrected chi connectivity index (χ2v) is 3.02. The van der Waals surface area contributed by atoms with Gasteiger partial charge in [0, 0.05) is 17.8 Å². The number of nitrogens with one attached hydrogen (secondary N) is 2. The third-order valence-electron chi connectivity index (χ3n) is 2.07. The average molecular weight is 193 g/mol. The van der Waals surface area contributed by atoms with Crippen LogP contribution in [-0.2, 0) is 4.79 Å². The molecule has 2 heterocycles. The van der Waals surface area contributed by atoms with Crippen LogP contribution in [0.2, 0.25) is 0 Å². The maximum atomic E-state index is 10.9. The van der Waals surface area contributed by atoms with E-state index in [1.54, 1.807) is 19.4 Å². The largest absolute Gasteiger partial charge is 0.481 e. The Morgan fingerprint density at radius 2 is 2.43 bits per heavy atom. The second kappa shape index (κ2) is 3.63. The molecule has 2 rings (SSSR count). The van der Waals surface area contributed by atoms with Gasteiger partial charge in [0.05, 0.1) is 13.7 Å². The predicted octanol–water partition coefficient (Wildman–Crippen LogP) is -0.192. The quantitative estimate of drug-likeness (QED) is 0.683. The lowest BCUT2D eigenvalue weighted by atomic mass is 10.2. The number of ether oxygens (including phenoxy) is 1. The number of hydrogen-bond donors (Lipinski definition) is 2. The lowest BCUT2D eigenvalue weighted by molar-refractivity contribution is -0.118. The van der Waals surface area contributed by atoms with Gasteiger partial charge in [-0.25, -0.2) is 4.98 Å². The number of hydrogen-bond acceptors (Lipinski definition) is 4. The lowest BCUT2D eigenvalue weighted by Gasteiger charge is -2.10. The number of carbonyl (C=O) groups is 1. The molecule has 14 heavy (non-hydrogen) atoms. The predicted molar refractivity (Wildman–Crippen MR) is 49.7 cm³/mol. The average Bonchev–Trinajstić information content (AvgIpc) is 2.65. The van der Waals surface area contributed by atoms with E-state index in [-0.39, 0.29) is 12.1 Å². The molecule has 5 nitrogen and oxygen atoms in total. The molecule has 5 heteroatoms. The van der Waals surface area contributed by atoms with Crippen LogP contribution in [0.4, 0.5) is 0 Å². The van der Waals surface area contributed by atoms with E-state index < -0.39 is 0 Å². The molecule has 0 aromatic carbocycles. The van der Waals surface area contributed by atoms with E-state index in [0.717, 1.165) is 5.56 Å². The number of carbonyl (C=O) groups excluding carboxylic acids is 1. The van der Waals surface area contributed by atoms with Gasteiger partial charge in [-0.3, -0.25) is 10.1 Å². The van der Waals surface area contributed by atoms with Crippen LogP contribution in [0.1, 0.15) is 11.7 Å². The smallest absolute Gasteiger partial charge is 0.235 e. The van der Waals surface area contributed by atoms with Gasteiger partial charge < -0.3 is 10.1 Å². The molecule has 1 unspecified atom stereocenters. The molecule has 0 bridgehead atoms. The highest BCUT2D eigenvalue weighted by Crippen LogP contribution is 2.14. The Hall–Kier alpha value is -1.62. The highest BCUT2D eigenvalue weighted by molar-refractivity contribution is 5.80. The first-order chi connectivity index (χ1) is 6.79. The molecule has 74 valence electrons. The van der Waals surface area contributed by atoms with Crippen molar-refractivity contribution in [3.05, 3.63) is 23.9 Å². The van der Waals surface area contributed by atoms with Crippen molar-refractivity contribution < 1.29 is 9.53 Å². The van der Waals surface area contributed by atoms with Crippen LogP contribution in [0, 0.1) is 0 Å². The summed E-state index contributed by atoms with van der Waals surface area (Å²) in [5.41, 5.74) is 0.927. The molecule has 1 saturated heterocycles. The minimum atomic E-state index is -0.124. The van der Waals surface area contributed by atoms with Gasteiger partial charge in [0.15, 0.2) is 0 Å². The van der Waals surface area contributed by atoms with Gasteiger partial charge in [0.2, 0.25) is 11.8 Å². The number of pyridine rings is 1. The number of rotatable bonds is 2. The summed E-state index contributed by atoms with van der Waals surface area (Å²) in [5, 5.41) is 5.80. The number of methoxy groups -OCH3 is 1. The summed E-state index contributed by atoms with van der Waals surface area (Å²) in [7, 11) is 1.57. The van der Waals surface area contributed by atoms with Crippen LogP contribution in [-0.4, -0.2) is 24.5 Å². The van der Waals surface area contributed by atoms with Gasteiger partial charge in [-0.15, -0.1) is 0 Å². The van der Waals surface area contributed by atoms with Crippen LogP contribution < -0.4 is 15.4 Å². The van der Waals surface area contributed by atoms with E-state index in [1.165, 1.54) is 0 Å². The second-order valence-electron chi connectivity index (χ2n) is 3.02. The highest BCUT2D eigenvalue weighted by Gasteiger charge is 2.21. The molecule has 1 amide bonds. The van der Waals surface area contributed by atoms with Crippen molar-refractivity contribution in [3.8, 4) is 5.88 Å². The van der Waals surface area contributed by atoms with Crippen molar-refractivity contribution in [2.45, 2.75) is 6.17 Å². The van der Waals surface area contributed by atoms with Crippen LogP contribution in [0.25, 0.3) is 0 Å². The molecule has 1 aliphatic heterocycles. The summed E-state index contributed by atoms with van der Waals surface area (Å²) in [6, 6.07) is 3.64. The Morgan fingerprint density at radius 1 is 1.57 bits per heavy atom. The zero-order valence-corrected chi connectivity index (χ0v) is 7.78. The molecule has 1 aromatic rings. The summed E-state index contributed by atoms with van der Waals surface area (Å²) >= 11 is 0. The van der Waals surface area contributed by atoms with E-state index in [2.05, 4.69) is 15.6 Å². The molecule has 1 fully saturated rings. The zero-order valence-electron chi connectivity index (χ0n) is 7.78. The minimum Gasteiger partial charge on any atom is -0.481 e. The molecule has 0 spiro atoms. The highest BCUT2D eigenvalue weighted by atomic mass is 16.5. The number of amides is 1. The van der Waals surface area contributed by atoms with Crippen LogP contribution in [0.15, 0.2) is 18.3 Å². The van der Waals surface area contributed by atoms with Crippen molar-refractivity contribution >= 4 is 5.91 Å². The summed E-state index contributed by atoms with van der Waals surface area (Å²) < 4.78 is 4.93. The maximum Gasteiger partial charge on any atom is 0.235 e. The molecule has 0 aliphatic carbocycles. The molecular weight excluding hydrogens is 182 g/mol. The maximum absolute atomic E-state index is 10.9. The first-order valence-electron chi connectivity index (χ1n) is 4.32. The zero-order chi connectivity index (χ0) is 9.97. The Balaban J connectivity index is 2.13. The Kier molecular flexibility index (Phi) is 2.32. The van der Waals surface area contributed by atoms with Gasteiger partial charge in [0.1, 0.15) is 6.17 Å². The fraction of sp³-hybridized carbons (Fsp3) is 0.333. The monoisotopic (exact) mass is 193 g/mol. The van der Waals surface area contributed by atoms with Gasteiger partial charge >= 0.3 is 0 Å². The molecule has 1 aromatic heterocycles. The van der Waals surface area contributed by atoms with Gasteiger partial charge in [-0.1, -0.05) is 0 Å². The first kappa shape index (κ1) is 8.96. The Morgan fingerprint density at radius 3 is 2.93 bits per heavy atom. The fourth-order valence-corrected chi connectivity index (χ4v) is 1.34. The molecular formula is C9H11N3O2.